The molecule has 0 radical (unpaired) electrons. The predicted octanol–water partition coefficient (Wildman–Crippen LogP) is 1.44. The molecular formula is C15H18N2O4. The number of esters is 1. The van der Waals surface area contributed by atoms with Gasteiger partial charge in [0, 0.05) is 27.9 Å². The van der Waals surface area contributed by atoms with E-state index in [1.807, 2.05) is 6.07 Å². The van der Waals surface area contributed by atoms with E-state index in [9.17, 15) is 14.4 Å². The van der Waals surface area contributed by atoms with Crippen molar-refractivity contribution in [2.75, 3.05) is 14.1 Å². The van der Waals surface area contributed by atoms with Crippen LogP contribution in [0.4, 0.5) is 0 Å². The highest BCUT2D eigenvalue weighted by Crippen LogP contribution is 2.12. The monoisotopic (exact) mass is 290 g/mol. The fraction of sp³-hybridized carbons (Fsp3) is 0.267. The summed E-state index contributed by atoms with van der Waals surface area (Å²) in [4.78, 5) is 35.1. The Bertz CT molecular complexity index is 564. The number of benzene rings is 1. The van der Waals surface area contributed by atoms with Gasteiger partial charge in [-0.15, -0.1) is 0 Å². The zero-order chi connectivity index (χ0) is 16.0. The molecule has 0 fully saturated rings. The van der Waals surface area contributed by atoms with Crippen LogP contribution < -0.4 is 0 Å². The van der Waals surface area contributed by atoms with E-state index in [-0.39, 0.29) is 5.76 Å². The molecule has 0 unspecified atom stereocenters. The maximum atomic E-state index is 12.4. The number of hydrogen-bond acceptors (Lipinski definition) is 5. The Labute approximate surface area is 123 Å². The van der Waals surface area contributed by atoms with Crippen LogP contribution in [-0.2, 0) is 19.1 Å². The van der Waals surface area contributed by atoms with E-state index in [1.54, 1.807) is 38.4 Å². The van der Waals surface area contributed by atoms with Gasteiger partial charge in [-0.25, -0.2) is 10.0 Å². The summed E-state index contributed by atoms with van der Waals surface area (Å²) in [6, 6.07) is 8.91. The summed E-state index contributed by atoms with van der Waals surface area (Å²) in [6.45, 7) is 2.45. The van der Waals surface area contributed by atoms with Crippen molar-refractivity contribution in [3.05, 3.63) is 41.7 Å². The highest BCUT2D eigenvalue weighted by atomic mass is 16.5. The Morgan fingerprint density at radius 2 is 1.62 bits per heavy atom. The van der Waals surface area contributed by atoms with E-state index in [1.165, 1.54) is 24.9 Å². The van der Waals surface area contributed by atoms with Crippen LogP contribution in [0.2, 0.25) is 0 Å². The van der Waals surface area contributed by atoms with E-state index in [0.717, 1.165) is 5.01 Å². The molecule has 6 heteroatoms. The zero-order valence-corrected chi connectivity index (χ0v) is 12.5. The van der Waals surface area contributed by atoms with Crippen LogP contribution >= 0.6 is 0 Å². The summed E-state index contributed by atoms with van der Waals surface area (Å²) in [7, 11) is 3.10. The summed E-state index contributed by atoms with van der Waals surface area (Å²) >= 11 is 0. The molecular weight excluding hydrogens is 272 g/mol. The van der Waals surface area contributed by atoms with Gasteiger partial charge in [0.1, 0.15) is 0 Å². The summed E-state index contributed by atoms with van der Waals surface area (Å²) in [5.41, 5.74) is 0.685. The van der Waals surface area contributed by atoms with Crippen LogP contribution in [0.5, 0.6) is 0 Å². The normalized spacial score (nSPS) is 11.2. The van der Waals surface area contributed by atoms with Crippen molar-refractivity contribution in [1.29, 1.82) is 0 Å². The van der Waals surface area contributed by atoms with Crippen LogP contribution in [0.25, 0.3) is 6.08 Å². The van der Waals surface area contributed by atoms with Gasteiger partial charge >= 0.3 is 11.9 Å². The molecule has 0 aliphatic rings. The molecule has 1 aromatic carbocycles. The van der Waals surface area contributed by atoms with Crippen LogP contribution in [0.3, 0.4) is 0 Å². The number of carbonyl (C=O) groups excluding carboxylic acids is 3. The van der Waals surface area contributed by atoms with E-state index >= 15 is 0 Å². The van der Waals surface area contributed by atoms with Gasteiger partial charge in [0.2, 0.25) is 5.91 Å². The Balaban J connectivity index is 3.19. The molecule has 0 saturated heterocycles. The van der Waals surface area contributed by atoms with Gasteiger partial charge < -0.3 is 4.74 Å². The first-order chi connectivity index (χ1) is 9.82. The second-order valence-corrected chi connectivity index (χ2v) is 4.50. The molecule has 0 heterocycles. The molecule has 0 bridgehead atoms. The third kappa shape index (κ3) is 4.85. The molecule has 112 valence electrons. The third-order valence-electron chi connectivity index (χ3n) is 2.45. The van der Waals surface area contributed by atoms with Crippen LogP contribution in [0.15, 0.2) is 36.1 Å². The molecule has 0 aliphatic carbocycles. The minimum atomic E-state index is -0.702. The highest BCUT2D eigenvalue weighted by Gasteiger charge is 2.26. The first kappa shape index (κ1) is 16.6. The Kier molecular flexibility index (Phi) is 5.80. The van der Waals surface area contributed by atoms with Crippen molar-refractivity contribution >= 4 is 23.9 Å². The largest absolute Gasteiger partial charge is 0.421 e. The van der Waals surface area contributed by atoms with Gasteiger partial charge in [0.05, 0.1) is 0 Å². The average Bonchev–Trinajstić information content (AvgIpc) is 2.37. The maximum Gasteiger partial charge on any atom is 0.311 e. The standard InChI is InChI=1S/C15H18N2O4/c1-11(18)17(16(3)4)15(20)14(21-12(2)19)10-13-8-6-5-7-9-13/h5-10H,1-4H3/b14-10-. The SMILES string of the molecule is CC(=O)O/C(=C\c1ccccc1)C(=O)N(C(C)=O)N(C)C. The van der Waals surface area contributed by atoms with Crippen molar-refractivity contribution in [3.8, 4) is 0 Å². The maximum absolute atomic E-state index is 12.4. The molecule has 21 heavy (non-hydrogen) atoms. The lowest BCUT2D eigenvalue weighted by atomic mass is 10.2. The van der Waals surface area contributed by atoms with Crippen LogP contribution in [-0.4, -0.2) is 41.9 Å². The van der Waals surface area contributed by atoms with Gasteiger partial charge in [-0.05, 0) is 11.6 Å². The summed E-state index contributed by atoms with van der Waals surface area (Å²) < 4.78 is 4.95. The summed E-state index contributed by atoms with van der Waals surface area (Å²) in [5, 5.41) is 2.21. The van der Waals surface area contributed by atoms with Crippen molar-refractivity contribution in [2.24, 2.45) is 0 Å². The molecule has 0 saturated carbocycles. The van der Waals surface area contributed by atoms with E-state index in [4.69, 9.17) is 4.74 Å². The van der Waals surface area contributed by atoms with E-state index < -0.39 is 17.8 Å². The number of hydrazine groups is 1. The molecule has 0 atom stereocenters. The molecule has 0 N–H and O–H groups in total. The number of imide groups is 1. The van der Waals surface area contributed by atoms with Gasteiger partial charge in [0.15, 0.2) is 5.76 Å². The lowest BCUT2D eigenvalue weighted by Crippen LogP contribution is -2.46. The lowest BCUT2D eigenvalue weighted by molar-refractivity contribution is -0.160. The number of carbonyl (C=O) groups is 3. The quantitative estimate of drug-likeness (QED) is 0.363. The predicted molar refractivity (Wildman–Crippen MR) is 77.4 cm³/mol. The topological polar surface area (TPSA) is 66.9 Å². The fourth-order valence-electron chi connectivity index (χ4n) is 1.70. The molecule has 2 amide bonds. The van der Waals surface area contributed by atoms with E-state index in [2.05, 4.69) is 0 Å². The zero-order valence-electron chi connectivity index (χ0n) is 12.5. The van der Waals surface area contributed by atoms with Gasteiger partial charge in [0.25, 0.3) is 0 Å². The Hall–Kier alpha value is -2.47. The minimum Gasteiger partial charge on any atom is -0.421 e. The third-order valence-corrected chi connectivity index (χ3v) is 2.45. The second kappa shape index (κ2) is 7.35. The molecule has 1 rings (SSSR count). The van der Waals surface area contributed by atoms with Crippen LogP contribution in [0.1, 0.15) is 19.4 Å². The van der Waals surface area contributed by atoms with Gasteiger partial charge in [-0.2, -0.15) is 0 Å². The van der Waals surface area contributed by atoms with Crippen LogP contribution in [0, 0.1) is 0 Å². The minimum absolute atomic E-state index is 0.211. The average molecular weight is 290 g/mol. The smallest absolute Gasteiger partial charge is 0.311 e. The van der Waals surface area contributed by atoms with Gasteiger partial charge in [-0.1, -0.05) is 30.3 Å². The van der Waals surface area contributed by atoms with Gasteiger partial charge in [-0.3, -0.25) is 14.4 Å². The molecule has 1 aromatic rings. The van der Waals surface area contributed by atoms with Crippen molar-refractivity contribution in [3.63, 3.8) is 0 Å². The number of ether oxygens (including phenoxy) is 1. The summed E-state index contributed by atoms with van der Waals surface area (Å²) in [6.07, 6.45) is 1.42. The molecule has 0 aromatic heterocycles. The molecule has 0 aliphatic heterocycles. The molecule has 6 nitrogen and oxygen atoms in total. The summed E-state index contributed by atoms with van der Waals surface area (Å²) in [5.74, 6) is -2.02. The number of amides is 2. The Morgan fingerprint density at radius 1 is 1.05 bits per heavy atom. The number of hydrogen-bond donors (Lipinski definition) is 0. The lowest BCUT2D eigenvalue weighted by Gasteiger charge is -2.25. The first-order valence-corrected chi connectivity index (χ1v) is 6.30. The second-order valence-electron chi connectivity index (χ2n) is 4.50. The molecule has 0 spiro atoms. The fourth-order valence-corrected chi connectivity index (χ4v) is 1.70. The number of nitrogens with zero attached hydrogens (tertiary/aromatic N) is 2. The first-order valence-electron chi connectivity index (χ1n) is 6.30. The highest BCUT2D eigenvalue weighted by molar-refractivity contribution is 6.05. The van der Waals surface area contributed by atoms with Crippen molar-refractivity contribution < 1.29 is 19.1 Å². The van der Waals surface area contributed by atoms with Crippen molar-refractivity contribution in [2.45, 2.75) is 13.8 Å². The van der Waals surface area contributed by atoms with Crippen molar-refractivity contribution in [1.82, 2.24) is 10.0 Å². The number of rotatable bonds is 4. The Morgan fingerprint density at radius 3 is 2.05 bits per heavy atom. The van der Waals surface area contributed by atoms with E-state index in [0.29, 0.717) is 5.56 Å².